The fourth-order valence-corrected chi connectivity index (χ4v) is 2.38. The van der Waals surface area contributed by atoms with Crippen LogP contribution in [0.25, 0.3) is 0 Å². The zero-order chi connectivity index (χ0) is 13.8. The van der Waals surface area contributed by atoms with Gasteiger partial charge in [-0.05, 0) is 31.0 Å². The molecule has 1 fully saturated rings. The molecular formula is C13H15BrN2O3. The van der Waals surface area contributed by atoms with Crippen molar-refractivity contribution in [2.45, 2.75) is 12.8 Å². The van der Waals surface area contributed by atoms with E-state index in [1.165, 1.54) is 7.11 Å². The van der Waals surface area contributed by atoms with Crippen LogP contribution in [0.2, 0.25) is 0 Å². The number of ether oxygens (including phenoxy) is 1. The highest BCUT2D eigenvalue weighted by atomic mass is 79.9. The zero-order valence-electron chi connectivity index (χ0n) is 10.6. The van der Waals surface area contributed by atoms with Crippen LogP contribution in [-0.2, 0) is 4.74 Å². The Morgan fingerprint density at radius 3 is 2.63 bits per heavy atom. The van der Waals surface area contributed by atoms with Gasteiger partial charge in [-0.3, -0.25) is 0 Å². The van der Waals surface area contributed by atoms with Crippen LogP contribution < -0.4 is 5.32 Å². The fraction of sp³-hybridized carbons (Fsp3) is 0.385. The Balaban J connectivity index is 2.19. The standard InChI is InChI=1S/C13H15BrN2O3/c1-19-12(17)10-8-9(14)4-5-11(10)15-13(18)16-6-2-3-7-16/h4-5,8H,2-3,6-7H2,1H3,(H,15,18). The molecule has 2 rings (SSSR count). The molecule has 1 heterocycles. The Morgan fingerprint density at radius 2 is 2.00 bits per heavy atom. The number of rotatable bonds is 2. The number of hydrogen-bond donors (Lipinski definition) is 1. The highest BCUT2D eigenvalue weighted by Gasteiger charge is 2.20. The number of urea groups is 1. The summed E-state index contributed by atoms with van der Waals surface area (Å²) in [6, 6.07) is 4.91. The number of carbonyl (C=O) groups excluding carboxylic acids is 2. The number of benzene rings is 1. The quantitative estimate of drug-likeness (QED) is 0.850. The molecular weight excluding hydrogens is 312 g/mol. The number of nitrogens with zero attached hydrogens (tertiary/aromatic N) is 1. The van der Waals surface area contributed by atoms with E-state index in [-0.39, 0.29) is 6.03 Å². The average molecular weight is 327 g/mol. The number of halogens is 1. The summed E-state index contributed by atoms with van der Waals surface area (Å²) < 4.78 is 5.47. The van der Waals surface area contributed by atoms with Crippen molar-refractivity contribution in [1.29, 1.82) is 0 Å². The molecule has 1 saturated heterocycles. The maximum atomic E-state index is 12.0. The van der Waals surface area contributed by atoms with Gasteiger partial charge in [0.25, 0.3) is 0 Å². The molecule has 1 aliphatic rings. The molecule has 5 nitrogen and oxygen atoms in total. The summed E-state index contributed by atoms with van der Waals surface area (Å²) in [4.78, 5) is 25.4. The number of methoxy groups -OCH3 is 1. The Bertz CT molecular complexity index is 499. The minimum absolute atomic E-state index is 0.176. The Morgan fingerprint density at radius 1 is 1.32 bits per heavy atom. The van der Waals surface area contributed by atoms with Crippen LogP contribution in [0.3, 0.4) is 0 Å². The second kappa shape index (κ2) is 6.06. The van der Waals surface area contributed by atoms with E-state index in [0.29, 0.717) is 11.3 Å². The van der Waals surface area contributed by atoms with E-state index in [1.54, 1.807) is 23.1 Å². The summed E-state index contributed by atoms with van der Waals surface area (Å²) in [7, 11) is 1.31. The molecule has 0 aliphatic carbocycles. The lowest BCUT2D eigenvalue weighted by atomic mass is 10.2. The molecule has 6 heteroatoms. The normalized spacial score (nSPS) is 14.3. The Kier molecular flexibility index (Phi) is 4.42. The summed E-state index contributed by atoms with van der Waals surface area (Å²) in [6.07, 6.45) is 2.05. The van der Waals surface area contributed by atoms with Crippen molar-refractivity contribution >= 4 is 33.6 Å². The highest BCUT2D eigenvalue weighted by molar-refractivity contribution is 9.10. The van der Waals surface area contributed by atoms with Gasteiger partial charge < -0.3 is 15.0 Å². The van der Waals surface area contributed by atoms with Crippen LogP contribution in [0, 0.1) is 0 Å². The van der Waals surface area contributed by atoms with Gasteiger partial charge in [0.2, 0.25) is 0 Å². The molecule has 1 N–H and O–H groups in total. The van der Waals surface area contributed by atoms with Crippen molar-refractivity contribution in [2.75, 3.05) is 25.5 Å². The molecule has 1 aromatic carbocycles. The lowest BCUT2D eigenvalue weighted by molar-refractivity contribution is 0.0602. The number of esters is 1. The molecule has 0 atom stereocenters. The van der Waals surface area contributed by atoms with Crippen molar-refractivity contribution in [1.82, 2.24) is 4.90 Å². The Labute approximate surface area is 120 Å². The van der Waals surface area contributed by atoms with Crippen molar-refractivity contribution in [3.63, 3.8) is 0 Å². The number of hydrogen-bond acceptors (Lipinski definition) is 3. The van der Waals surface area contributed by atoms with E-state index >= 15 is 0 Å². The molecule has 0 bridgehead atoms. The molecule has 19 heavy (non-hydrogen) atoms. The minimum Gasteiger partial charge on any atom is -0.465 e. The van der Waals surface area contributed by atoms with Gasteiger partial charge in [-0.2, -0.15) is 0 Å². The minimum atomic E-state index is -0.474. The number of amides is 2. The van der Waals surface area contributed by atoms with E-state index in [2.05, 4.69) is 21.2 Å². The first-order chi connectivity index (χ1) is 9.11. The van der Waals surface area contributed by atoms with Crippen molar-refractivity contribution < 1.29 is 14.3 Å². The first-order valence-corrected chi connectivity index (χ1v) is 6.85. The van der Waals surface area contributed by atoms with E-state index in [9.17, 15) is 9.59 Å². The van der Waals surface area contributed by atoms with Gasteiger partial charge in [-0.15, -0.1) is 0 Å². The van der Waals surface area contributed by atoms with Gasteiger partial charge in [0.15, 0.2) is 0 Å². The van der Waals surface area contributed by atoms with Crippen LogP contribution >= 0.6 is 15.9 Å². The van der Waals surface area contributed by atoms with Gasteiger partial charge in [0, 0.05) is 17.6 Å². The van der Waals surface area contributed by atoms with Crippen LogP contribution in [0.4, 0.5) is 10.5 Å². The molecule has 1 aliphatic heterocycles. The molecule has 0 saturated carbocycles. The van der Waals surface area contributed by atoms with E-state index in [0.717, 1.165) is 30.4 Å². The molecule has 0 spiro atoms. The lowest BCUT2D eigenvalue weighted by Crippen LogP contribution is -2.32. The molecule has 0 aromatic heterocycles. The monoisotopic (exact) mass is 326 g/mol. The Hall–Kier alpha value is -1.56. The summed E-state index contributed by atoms with van der Waals surface area (Å²) in [5.74, 6) is -0.474. The summed E-state index contributed by atoms with van der Waals surface area (Å²) >= 11 is 3.30. The molecule has 0 radical (unpaired) electrons. The molecule has 2 amide bonds. The van der Waals surface area contributed by atoms with Crippen molar-refractivity contribution in [2.24, 2.45) is 0 Å². The van der Waals surface area contributed by atoms with Gasteiger partial charge in [0.1, 0.15) is 0 Å². The van der Waals surface area contributed by atoms with Gasteiger partial charge >= 0.3 is 12.0 Å². The number of likely N-dealkylation sites (tertiary alicyclic amines) is 1. The summed E-state index contributed by atoms with van der Waals surface area (Å²) in [5, 5.41) is 2.76. The second-order valence-corrected chi connectivity index (χ2v) is 5.22. The summed E-state index contributed by atoms with van der Waals surface area (Å²) in [6.45, 7) is 1.52. The van der Waals surface area contributed by atoms with Crippen LogP contribution in [0.15, 0.2) is 22.7 Å². The van der Waals surface area contributed by atoms with Crippen molar-refractivity contribution in [3.8, 4) is 0 Å². The highest BCUT2D eigenvalue weighted by Crippen LogP contribution is 2.22. The van der Waals surface area contributed by atoms with E-state index in [1.807, 2.05) is 0 Å². The topological polar surface area (TPSA) is 58.6 Å². The van der Waals surface area contributed by atoms with Crippen LogP contribution in [0.1, 0.15) is 23.2 Å². The van der Waals surface area contributed by atoms with Gasteiger partial charge in [-0.1, -0.05) is 15.9 Å². The smallest absolute Gasteiger partial charge is 0.340 e. The molecule has 102 valence electrons. The van der Waals surface area contributed by atoms with Crippen LogP contribution in [-0.4, -0.2) is 37.1 Å². The maximum Gasteiger partial charge on any atom is 0.340 e. The first kappa shape index (κ1) is 13.9. The molecule has 0 unspecified atom stereocenters. The third-order valence-electron chi connectivity index (χ3n) is 3.02. The second-order valence-electron chi connectivity index (χ2n) is 4.31. The average Bonchev–Trinajstić information content (AvgIpc) is 2.94. The van der Waals surface area contributed by atoms with Crippen LogP contribution in [0.5, 0.6) is 0 Å². The van der Waals surface area contributed by atoms with Crippen molar-refractivity contribution in [3.05, 3.63) is 28.2 Å². The number of carbonyl (C=O) groups is 2. The zero-order valence-corrected chi connectivity index (χ0v) is 12.2. The SMILES string of the molecule is COC(=O)c1cc(Br)ccc1NC(=O)N1CCCC1. The van der Waals surface area contributed by atoms with Gasteiger partial charge in [0.05, 0.1) is 18.4 Å². The first-order valence-electron chi connectivity index (χ1n) is 6.05. The molecule has 1 aromatic rings. The predicted octanol–water partition coefficient (Wildman–Crippen LogP) is 2.86. The third-order valence-corrected chi connectivity index (χ3v) is 3.52. The van der Waals surface area contributed by atoms with Gasteiger partial charge in [-0.25, -0.2) is 9.59 Å². The number of anilines is 1. The third kappa shape index (κ3) is 3.26. The maximum absolute atomic E-state index is 12.0. The largest absolute Gasteiger partial charge is 0.465 e. The predicted molar refractivity (Wildman–Crippen MR) is 75.3 cm³/mol. The van der Waals surface area contributed by atoms with E-state index < -0.39 is 5.97 Å². The van der Waals surface area contributed by atoms with E-state index in [4.69, 9.17) is 4.74 Å². The number of nitrogens with one attached hydrogen (secondary N) is 1. The summed E-state index contributed by atoms with van der Waals surface area (Å²) in [5.41, 5.74) is 0.802. The lowest BCUT2D eigenvalue weighted by Gasteiger charge is -2.17. The fourth-order valence-electron chi connectivity index (χ4n) is 2.02.